The van der Waals surface area contributed by atoms with Crippen LogP contribution in [0.15, 0.2) is 78.1 Å². The summed E-state index contributed by atoms with van der Waals surface area (Å²) >= 11 is 7.68. The molecule has 4 nitrogen and oxygen atoms in total. The zero-order valence-corrected chi connectivity index (χ0v) is 17.3. The monoisotopic (exact) mass is 419 g/mol. The second kappa shape index (κ2) is 8.64. The topological polar surface area (TPSA) is 54.9 Å². The number of hydrogen-bond acceptors (Lipinski definition) is 4. The Hall–Kier alpha value is -2.89. The Bertz CT molecular complexity index is 1180. The van der Waals surface area contributed by atoms with Gasteiger partial charge in [-0.15, -0.1) is 11.8 Å². The van der Waals surface area contributed by atoms with Gasteiger partial charge >= 0.3 is 0 Å². The molecule has 2 aromatic carbocycles. The second-order valence-electron chi connectivity index (χ2n) is 6.52. The van der Waals surface area contributed by atoms with Crippen molar-refractivity contribution in [3.63, 3.8) is 0 Å². The predicted octanol–water partition coefficient (Wildman–Crippen LogP) is 5.60. The first kappa shape index (κ1) is 19.4. The molecule has 0 radical (unpaired) electrons. The Labute approximate surface area is 178 Å². The lowest BCUT2D eigenvalue weighted by Crippen LogP contribution is -2.23. The molecule has 0 atom stereocenters. The Morgan fingerprint density at radius 3 is 2.69 bits per heavy atom. The molecule has 2 aromatic heterocycles. The number of hydrogen-bond donors (Lipinski definition) is 1. The van der Waals surface area contributed by atoms with Crippen LogP contribution in [0.25, 0.3) is 22.0 Å². The summed E-state index contributed by atoms with van der Waals surface area (Å²) in [6.45, 7) is 0.464. The van der Waals surface area contributed by atoms with Crippen molar-refractivity contribution < 1.29 is 4.79 Å². The Kier molecular flexibility index (Phi) is 5.79. The number of thioether (sulfide) groups is 1. The lowest BCUT2D eigenvalue weighted by molar-refractivity contribution is 0.0950. The van der Waals surface area contributed by atoms with Gasteiger partial charge in [0.25, 0.3) is 5.91 Å². The van der Waals surface area contributed by atoms with Crippen LogP contribution in [-0.4, -0.2) is 22.1 Å². The first-order valence-electron chi connectivity index (χ1n) is 9.05. The van der Waals surface area contributed by atoms with Crippen molar-refractivity contribution in [3.8, 4) is 11.1 Å². The number of carbonyl (C=O) groups excluding carboxylic acids is 1. The molecule has 1 N–H and O–H groups in total. The molecule has 0 bridgehead atoms. The van der Waals surface area contributed by atoms with E-state index in [1.165, 1.54) is 4.90 Å². The number of rotatable bonds is 5. The van der Waals surface area contributed by atoms with Gasteiger partial charge in [0.05, 0.1) is 17.3 Å². The molecule has 0 aliphatic heterocycles. The van der Waals surface area contributed by atoms with Gasteiger partial charge in [-0.1, -0.05) is 35.9 Å². The molecule has 0 saturated carbocycles. The average molecular weight is 420 g/mol. The molecule has 0 saturated heterocycles. The van der Waals surface area contributed by atoms with Crippen LogP contribution in [0.5, 0.6) is 0 Å². The Morgan fingerprint density at radius 1 is 1.07 bits per heavy atom. The number of amides is 1. The van der Waals surface area contributed by atoms with E-state index in [4.69, 9.17) is 11.6 Å². The minimum atomic E-state index is -0.159. The van der Waals surface area contributed by atoms with E-state index >= 15 is 0 Å². The number of nitrogens with zero attached hydrogens (tertiary/aromatic N) is 2. The van der Waals surface area contributed by atoms with Gasteiger partial charge in [-0.25, -0.2) is 0 Å². The normalized spacial score (nSPS) is 10.8. The molecule has 0 fully saturated rings. The zero-order chi connectivity index (χ0) is 20.2. The molecular weight excluding hydrogens is 402 g/mol. The fourth-order valence-corrected chi connectivity index (χ4v) is 3.71. The standard InChI is InChI=1S/C23H18ClN3OS/c1-29-19-4-2-3-15(9-19)11-27-23(28)17-10-20-21(13-25-14-22(20)26-12-17)16-5-7-18(24)8-6-16/h2-10,12-14H,11H2,1H3,(H,27,28). The van der Waals surface area contributed by atoms with Crippen LogP contribution in [0.3, 0.4) is 0 Å². The summed E-state index contributed by atoms with van der Waals surface area (Å²) in [5.74, 6) is -0.159. The van der Waals surface area contributed by atoms with Crippen LogP contribution in [-0.2, 0) is 6.54 Å². The summed E-state index contributed by atoms with van der Waals surface area (Å²) in [4.78, 5) is 22.6. The molecule has 0 unspecified atom stereocenters. The number of pyridine rings is 2. The minimum absolute atomic E-state index is 0.159. The third-order valence-corrected chi connectivity index (χ3v) is 5.59. The van der Waals surface area contributed by atoms with Crippen LogP contribution in [0.1, 0.15) is 15.9 Å². The number of nitrogens with one attached hydrogen (secondary N) is 1. The third-order valence-electron chi connectivity index (χ3n) is 4.61. The molecule has 0 aliphatic carbocycles. The van der Waals surface area contributed by atoms with Gasteiger partial charge in [-0.3, -0.25) is 14.8 Å². The summed E-state index contributed by atoms with van der Waals surface area (Å²) in [5.41, 5.74) is 4.20. The molecule has 0 aliphatic rings. The number of carbonyl (C=O) groups is 1. The van der Waals surface area contributed by atoms with E-state index in [0.717, 1.165) is 27.6 Å². The first-order valence-corrected chi connectivity index (χ1v) is 10.6. The van der Waals surface area contributed by atoms with Gasteiger partial charge in [0, 0.05) is 39.8 Å². The fourth-order valence-electron chi connectivity index (χ4n) is 3.10. The largest absolute Gasteiger partial charge is 0.348 e. The van der Waals surface area contributed by atoms with Crippen molar-refractivity contribution in [2.24, 2.45) is 0 Å². The fraction of sp³-hybridized carbons (Fsp3) is 0.0870. The average Bonchev–Trinajstić information content (AvgIpc) is 2.77. The van der Waals surface area contributed by atoms with Crippen LogP contribution in [0, 0.1) is 0 Å². The number of fused-ring (bicyclic) bond motifs is 1. The highest BCUT2D eigenvalue weighted by Crippen LogP contribution is 2.28. The highest BCUT2D eigenvalue weighted by atomic mass is 35.5. The lowest BCUT2D eigenvalue weighted by atomic mass is 10.0. The molecule has 0 spiro atoms. The third kappa shape index (κ3) is 4.42. The first-order chi connectivity index (χ1) is 14.1. The summed E-state index contributed by atoms with van der Waals surface area (Å²) < 4.78 is 0. The Balaban J connectivity index is 1.61. The maximum Gasteiger partial charge on any atom is 0.253 e. The molecule has 4 rings (SSSR count). The molecule has 2 heterocycles. The number of aromatic nitrogens is 2. The van der Waals surface area contributed by atoms with Crippen molar-refractivity contribution in [1.82, 2.24) is 15.3 Å². The van der Waals surface area contributed by atoms with E-state index in [2.05, 4.69) is 27.4 Å². The smallest absolute Gasteiger partial charge is 0.253 e. The molecule has 1 amide bonds. The van der Waals surface area contributed by atoms with Crippen molar-refractivity contribution in [2.45, 2.75) is 11.4 Å². The van der Waals surface area contributed by atoms with Gasteiger partial charge < -0.3 is 5.32 Å². The number of halogens is 1. The summed E-state index contributed by atoms with van der Waals surface area (Å²) in [6.07, 6.45) is 7.10. The minimum Gasteiger partial charge on any atom is -0.348 e. The summed E-state index contributed by atoms with van der Waals surface area (Å²) in [6, 6.07) is 17.5. The Morgan fingerprint density at radius 2 is 1.90 bits per heavy atom. The molecule has 4 aromatic rings. The maximum atomic E-state index is 12.7. The van der Waals surface area contributed by atoms with Crippen molar-refractivity contribution in [3.05, 3.63) is 89.3 Å². The number of benzene rings is 2. The van der Waals surface area contributed by atoms with E-state index in [1.54, 1.807) is 30.4 Å². The van der Waals surface area contributed by atoms with Crippen LogP contribution in [0.4, 0.5) is 0 Å². The second-order valence-corrected chi connectivity index (χ2v) is 7.83. The van der Waals surface area contributed by atoms with Crippen LogP contribution >= 0.6 is 23.4 Å². The van der Waals surface area contributed by atoms with E-state index in [1.807, 2.05) is 48.7 Å². The quantitative estimate of drug-likeness (QED) is 0.427. The molecular formula is C23H18ClN3OS. The highest BCUT2D eigenvalue weighted by Gasteiger charge is 2.11. The predicted molar refractivity (Wildman–Crippen MR) is 119 cm³/mol. The van der Waals surface area contributed by atoms with Gasteiger partial charge in [0.2, 0.25) is 0 Å². The van der Waals surface area contributed by atoms with Gasteiger partial charge in [0.1, 0.15) is 0 Å². The van der Waals surface area contributed by atoms with E-state index in [9.17, 15) is 4.79 Å². The summed E-state index contributed by atoms with van der Waals surface area (Å²) in [5, 5.41) is 4.52. The maximum absolute atomic E-state index is 12.7. The molecule has 29 heavy (non-hydrogen) atoms. The van der Waals surface area contributed by atoms with E-state index in [-0.39, 0.29) is 5.91 Å². The molecule has 6 heteroatoms. The highest BCUT2D eigenvalue weighted by molar-refractivity contribution is 7.98. The van der Waals surface area contributed by atoms with Gasteiger partial charge in [-0.2, -0.15) is 0 Å². The SMILES string of the molecule is CSc1cccc(CNC(=O)c2cnc3cncc(-c4ccc(Cl)cc4)c3c2)c1. The van der Waals surface area contributed by atoms with Crippen molar-refractivity contribution in [2.75, 3.05) is 6.26 Å². The summed E-state index contributed by atoms with van der Waals surface area (Å²) in [7, 11) is 0. The van der Waals surface area contributed by atoms with Crippen LogP contribution in [0.2, 0.25) is 5.02 Å². The zero-order valence-electron chi connectivity index (χ0n) is 15.7. The van der Waals surface area contributed by atoms with Crippen molar-refractivity contribution >= 4 is 40.2 Å². The van der Waals surface area contributed by atoms with E-state index in [0.29, 0.717) is 17.1 Å². The van der Waals surface area contributed by atoms with E-state index < -0.39 is 0 Å². The van der Waals surface area contributed by atoms with Crippen LogP contribution < -0.4 is 5.32 Å². The van der Waals surface area contributed by atoms with Gasteiger partial charge in [0.15, 0.2) is 0 Å². The van der Waals surface area contributed by atoms with Gasteiger partial charge in [-0.05, 0) is 47.7 Å². The lowest BCUT2D eigenvalue weighted by Gasteiger charge is -2.09. The van der Waals surface area contributed by atoms with Crippen molar-refractivity contribution in [1.29, 1.82) is 0 Å². The molecule has 144 valence electrons.